The standard InChI is InChI=1S/C24H21F6NO3/c25-22(26)23(27)34-19-10-4-6-16(12-19)14-31(15-21(32)24(28,29)30)17-7-5-11-20(13-17)33-18-8-2-1-3-9-18/h1-13,21-23,32H,14-15H2/t21-,23?/m0/s1. The Balaban J connectivity index is 1.85. The quantitative estimate of drug-likeness (QED) is 0.340. The Bertz CT molecular complexity index is 1050. The molecule has 0 heterocycles. The lowest BCUT2D eigenvalue weighted by atomic mass is 10.1. The van der Waals surface area contributed by atoms with E-state index in [4.69, 9.17) is 4.74 Å². The van der Waals surface area contributed by atoms with Crippen molar-refractivity contribution in [1.82, 2.24) is 0 Å². The van der Waals surface area contributed by atoms with Crippen LogP contribution in [0.15, 0.2) is 78.9 Å². The number of aliphatic hydroxyl groups is 1. The van der Waals surface area contributed by atoms with E-state index >= 15 is 0 Å². The van der Waals surface area contributed by atoms with Gasteiger partial charge in [-0.05, 0) is 42.0 Å². The van der Waals surface area contributed by atoms with E-state index in [0.717, 1.165) is 0 Å². The zero-order valence-electron chi connectivity index (χ0n) is 17.6. The summed E-state index contributed by atoms with van der Waals surface area (Å²) in [6.07, 6.45) is -13.7. The summed E-state index contributed by atoms with van der Waals surface area (Å²) in [5, 5.41) is 9.68. The molecule has 0 saturated heterocycles. The van der Waals surface area contributed by atoms with Gasteiger partial charge in [0.1, 0.15) is 17.2 Å². The average molecular weight is 485 g/mol. The second-order valence-electron chi connectivity index (χ2n) is 7.30. The van der Waals surface area contributed by atoms with E-state index in [1.807, 2.05) is 0 Å². The predicted octanol–water partition coefficient (Wildman–Crippen LogP) is 6.35. The maximum Gasteiger partial charge on any atom is 0.416 e. The first-order chi connectivity index (χ1) is 16.1. The summed E-state index contributed by atoms with van der Waals surface area (Å²) in [5.41, 5.74) is 0.654. The van der Waals surface area contributed by atoms with E-state index in [0.29, 0.717) is 22.7 Å². The van der Waals surface area contributed by atoms with Crippen LogP contribution in [-0.4, -0.2) is 36.7 Å². The van der Waals surface area contributed by atoms with Crippen molar-refractivity contribution in [3.63, 3.8) is 0 Å². The molecule has 0 aliphatic carbocycles. The van der Waals surface area contributed by atoms with Crippen LogP contribution >= 0.6 is 0 Å². The molecule has 0 aliphatic heterocycles. The highest BCUT2D eigenvalue weighted by Gasteiger charge is 2.39. The summed E-state index contributed by atoms with van der Waals surface area (Å²) in [7, 11) is 0. The lowest BCUT2D eigenvalue weighted by Gasteiger charge is -2.29. The molecule has 182 valence electrons. The number of anilines is 1. The molecule has 3 aromatic carbocycles. The average Bonchev–Trinajstić information content (AvgIpc) is 2.79. The number of aliphatic hydroxyl groups excluding tert-OH is 1. The molecule has 0 radical (unpaired) electrons. The van der Waals surface area contributed by atoms with Crippen LogP contribution in [0.25, 0.3) is 0 Å². The summed E-state index contributed by atoms with van der Waals surface area (Å²) in [4.78, 5) is 1.25. The summed E-state index contributed by atoms with van der Waals surface area (Å²) in [6.45, 7) is -0.975. The molecule has 4 nitrogen and oxygen atoms in total. The Morgan fingerprint density at radius 1 is 0.794 bits per heavy atom. The van der Waals surface area contributed by atoms with Crippen LogP contribution in [0, 0.1) is 0 Å². The Kier molecular flexibility index (Phi) is 8.27. The molecule has 10 heteroatoms. The van der Waals surface area contributed by atoms with Crippen molar-refractivity contribution < 1.29 is 40.9 Å². The number of rotatable bonds is 10. The van der Waals surface area contributed by atoms with Crippen LogP contribution in [0.3, 0.4) is 0 Å². The minimum absolute atomic E-state index is 0.162. The molecular weight excluding hydrogens is 464 g/mol. The molecule has 0 amide bonds. The molecule has 0 bridgehead atoms. The van der Waals surface area contributed by atoms with Gasteiger partial charge in [0.05, 0.1) is 6.54 Å². The van der Waals surface area contributed by atoms with Crippen molar-refractivity contribution in [3.8, 4) is 17.2 Å². The van der Waals surface area contributed by atoms with Gasteiger partial charge in [-0.15, -0.1) is 0 Å². The van der Waals surface area contributed by atoms with Crippen molar-refractivity contribution in [3.05, 3.63) is 84.4 Å². The van der Waals surface area contributed by atoms with Gasteiger partial charge in [-0.1, -0.05) is 36.4 Å². The molecule has 0 spiro atoms. The summed E-state index contributed by atoms with van der Waals surface area (Å²) >= 11 is 0. The molecule has 0 saturated carbocycles. The van der Waals surface area contributed by atoms with Crippen LogP contribution in [0.4, 0.5) is 32.0 Å². The number of ether oxygens (including phenoxy) is 2. The highest BCUT2D eigenvalue weighted by atomic mass is 19.4. The maximum absolute atomic E-state index is 13.2. The van der Waals surface area contributed by atoms with Gasteiger partial charge in [0.15, 0.2) is 6.10 Å². The molecule has 34 heavy (non-hydrogen) atoms. The van der Waals surface area contributed by atoms with Crippen LogP contribution in [0.5, 0.6) is 17.2 Å². The van der Waals surface area contributed by atoms with Gasteiger partial charge >= 0.3 is 12.6 Å². The Morgan fingerprint density at radius 2 is 1.44 bits per heavy atom. The minimum atomic E-state index is -4.86. The second-order valence-corrected chi connectivity index (χ2v) is 7.30. The van der Waals surface area contributed by atoms with Gasteiger partial charge in [-0.25, -0.2) is 8.78 Å². The van der Waals surface area contributed by atoms with Gasteiger partial charge in [0.25, 0.3) is 6.36 Å². The number of alkyl halides is 6. The van der Waals surface area contributed by atoms with E-state index in [1.165, 1.54) is 41.3 Å². The lowest BCUT2D eigenvalue weighted by molar-refractivity contribution is -0.200. The molecule has 1 unspecified atom stereocenters. The van der Waals surface area contributed by atoms with Crippen LogP contribution in [0.2, 0.25) is 0 Å². The van der Waals surface area contributed by atoms with Crippen molar-refractivity contribution >= 4 is 5.69 Å². The predicted molar refractivity (Wildman–Crippen MR) is 114 cm³/mol. The normalized spacial score (nSPS) is 13.4. The molecular formula is C24H21F6NO3. The lowest BCUT2D eigenvalue weighted by Crippen LogP contribution is -2.40. The zero-order chi connectivity index (χ0) is 24.7. The first-order valence-electron chi connectivity index (χ1n) is 10.1. The number of nitrogens with zero attached hydrogens (tertiary/aromatic N) is 1. The van der Waals surface area contributed by atoms with Crippen LogP contribution in [0.1, 0.15) is 5.56 Å². The Labute approximate surface area is 192 Å². The monoisotopic (exact) mass is 485 g/mol. The Hall–Kier alpha value is -3.40. The van der Waals surface area contributed by atoms with Gasteiger partial charge in [-0.2, -0.15) is 17.6 Å². The molecule has 2 atom stereocenters. The third kappa shape index (κ3) is 7.31. The first kappa shape index (κ1) is 25.2. The third-order valence-corrected chi connectivity index (χ3v) is 4.65. The molecule has 0 fully saturated rings. The van der Waals surface area contributed by atoms with E-state index in [9.17, 15) is 31.4 Å². The van der Waals surface area contributed by atoms with Crippen LogP contribution < -0.4 is 14.4 Å². The van der Waals surface area contributed by atoms with Crippen molar-refractivity contribution in [1.29, 1.82) is 0 Å². The number of halogens is 6. The third-order valence-electron chi connectivity index (χ3n) is 4.65. The number of hydrogen-bond donors (Lipinski definition) is 1. The molecule has 0 aliphatic rings. The van der Waals surface area contributed by atoms with Gasteiger partial charge in [0.2, 0.25) is 0 Å². The fraction of sp³-hybridized carbons (Fsp3) is 0.250. The highest BCUT2D eigenvalue weighted by molar-refractivity contribution is 5.52. The zero-order valence-corrected chi connectivity index (χ0v) is 17.6. The van der Waals surface area contributed by atoms with Crippen LogP contribution in [-0.2, 0) is 6.54 Å². The summed E-state index contributed by atoms with van der Waals surface area (Å²) < 4.78 is 87.6. The van der Waals surface area contributed by atoms with Gasteiger partial charge in [0, 0.05) is 18.3 Å². The van der Waals surface area contributed by atoms with E-state index in [-0.39, 0.29) is 12.3 Å². The van der Waals surface area contributed by atoms with E-state index < -0.39 is 31.6 Å². The number of hydrogen-bond acceptors (Lipinski definition) is 4. The Morgan fingerprint density at radius 3 is 2.12 bits per heavy atom. The largest absolute Gasteiger partial charge is 0.457 e. The van der Waals surface area contributed by atoms with Crippen molar-refractivity contribution in [2.45, 2.75) is 31.6 Å². The topological polar surface area (TPSA) is 41.9 Å². The fourth-order valence-corrected chi connectivity index (χ4v) is 3.06. The number of benzene rings is 3. The molecule has 3 rings (SSSR count). The van der Waals surface area contributed by atoms with Crippen molar-refractivity contribution in [2.24, 2.45) is 0 Å². The summed E-state index contributed by atoms with van der Waals surface area (Å²) in [6, 6.07) is 20.4. The van der Waals surface area contributed by atoms with Gasteiger partial charge < -0.3 is 19.5 Å². The second kappa shape index (κ2) is 11.1. The number of para-hydroxylation sites is 1. The smallest absolute Gasteiger partial charge is 0.416 e. The van der Waals surface area contributed by atoms with Crippen molar-refractivity contribution in [2.75, 3.05) is 11.4 Å². The molecule has 3 aromatic rings. The highest BCUT2D eigenvalue weighted by Crippen LogP contribution is 2.30. The molecule has 1 N–H and O–H groups in total. The SMILES string of the molecule is O[C@@H](CN(Cc1cccc(OC(F)C(F)F)c1)c1cccc(Oc2ccccc2)c1)C(F)(F)F. The first-order valence-corrected chi connectivity index (χ1v) is 10.1. The fourth-order valence-electron chi connectivity index (χ4n) is 3.06. The van der Waals surface area contributed by atoms with Gasteiger partial charge in [-0.3, -0.25) is 0 Å². The minimum Gasteiger partial charge on any atom is -0.457 e. The maximum atomic E-state index is 13.2. The van der Waals surface area contributed by atoms with E-state index in [2.05, 4.69) is 4.74 Å². The molecule has 0 aromatic heterocycles. The van der Waals surface area contributed by atoms with E-state index in [1.54, 1.807) is 42.5 Å². The summed E-state index contributed by atoms with van der Waals surface area (Å²) in [5.74, 6) is 0.665.